The summed E-state index contributed by atoms with van der Waals surface area (Å²) in [5.74, 6) is 0.303. The number of aryl methyl sites for hydroxylation is 1. The lowest BCUT2D eigenvalue weighted by Crippen LogP contribution is -2.26. The fourth-order valence-electron chi connectivity index (χ4n) is 3.85. The van der Waals surface area contributed by atoms with Crippen molar-refractivity contribution in [2.45, 2.75) is 25.7 Å². The maximum atomic E-state index is 14.7. The fourth-order valence-corrected chi connectivity index (χ4v) is 4.90. The van der Waals surface area contributed by atoms with Gasteiger partial charge in [-0.15, -0.1) is 0 Å². The normalized spacial score (nSPS) is 16.1. The van der Waals surface area contributed by atoms with Gasteiger partial charge < -0.3 is 5.32 Å². The second kappa shape index (κ2) is 5.89. The van der Waals surface area contributed by atoms with Gasteiger partial charge in [-0.1, -0.05) is 11.3 Å². The molecule has 1 fully saturated rings. The highest BCUT2D eigenvalue weighted by molar-refractivity contribution is 7.20. The SMILES string of the molecule is Cc1c(-c2cn3cc(C4CCNCC4)nc3s2)cc2cn(C)nc2c1F. The largest absolute Gasteiger partial charge is 0.317 e. The lowest BCUT2D eigenvalue weighted by molar-refractivity contribution is 0.454. The summed E-state index contributed by atoms with van der Waals surface area (Å²) in [6.07, 6.45) is 8.34. The van der Waals surface area contributed by atoms with Gasteiger partial charge in [0.2, 0.25) is 0 Å². The van der Waals surface area contributed by atoms with Crippen LogP contribution in [0, 0.1) is 12.7 Å². The summed E-state index contributed by atoms with van der Waals surface area (Å²) in [6, 6.07) is 2.03. The second-order valence-corrected chi connectivity index (χ2v) is 8.09. The van der Waals surface area contributed by atoms with Crippen molar-refractivity contribution < 1.29 is 4.39 Å². The van der Waals surface area contributed by atoms with Crippen LogP contribution in [0.3, 0.4) is 0 Å². The first-order valence-corrected chi connectivity index (χ1v) is 9.74. The highest BCUT2D eigenvalue weighted by Gasteiger charge is 2.20. The Morgan fingerprint density at radius 2 is 2.04 bits per heavy atom. The molecule has 0 saturated carbocycles. The van der Waals surface area contributed by atoms with E-state index in [-0.39, 0.29) is 5.82 Å². The first-order chi connectivity index (χ1) is 12.6. The molecule has 26 heavy (non-hydrogen) atoms. The highest BCUT2D eigenvalue weighted by atomic mass is 32.1. The van der Waals surface area contributed by atoms with Gasteiger partial charge in [0, 0.05) is 36.9 Å². The van der Waals surface area contributed by atoms with Crippen LogP contribution in [-0.2, 0) is 7.05 Å². The van der Waals surface area contributed by atoms with Gasteiger partial charge in [-0.2, -0.15) is 5.10 Å². The highest BCUT2D eigenvalue weighted by Crippen LogP contribution is 2.36. The minimum Gasteiger partial charge on any atom is -0.317 e. The average molecular weight is 369 g/mol. The predicted octanol–water partition coefficient (Wildman–Crippen LogP) is 3.86. The molecule has 3 aromatic heterocycles. The summed E-state index contributed by atoms with van der Waals surface area (Å²) in [5.41, 5.74) is 3.17. The van der Waals surface area contributed by atoms with Crippen LogP contribution in [0.2, 0.25) is 0 Å². The molecule has 0 bridgehead atoms. The molecule has 0 radical (unpaired) electrons. The maximum absolute atomic E-state index is 14.7. The third-order valence-corrected chi connectivity index (χ3v) is 6.33. The molecule has 4 heterocycles. The summed E-state index contributed by atoms with van der Waals surface area (Å²) in [7, 11) is 1.82. The van der Waals surface area contributed by atoms with Crippen LogP contribution in [0.1, 0.15) is 30.0 Å². The lowest BCUT2D eigenvalue weighted by atomic mass is 9.95. The monoisotopic (exact) mass is 369 g/mol. The summed E-state index contributed by atoms with van der Waals surface area (Å²) >= 11 is 1.62. The molecule has 7 heteroatoms. The Morgan fingerprint density at radius 3 is 2.81 bits per heavy atom. The number of piperidine rings is 1. The molecular formula is C19H20FN5S. The molecule has 0 aliphatic carbocycles. The van der Waals surface area contributed by atoms with E-state index in [2.05, 4.69) is 27.2 Å². The molecular weight excluding hydrogens is 349 g/mol. The summed E-state index contributed by atoms with van der Waals surface area (Å²) in [6.45, 7) is 3.94. The number of benzene rings is 1. The van der Waals surface area contributed by atoms with Crippen molar-refractivity contribution in [3.63, 3.8) is 0 Å². The van der Waals surface area contributed by atoms with Crippen LogP contribution in [-0.4, -0.2) is 32.3 Å². The Morgan fingerprint density at radius 1 is 1.23 bits per heavy atom. The van der Waals surface area contributed by atoms with Crippen molar-refractivity contribution in [3.05, 3.63) is 41.7 Å². The Hall–Kier alpha value is -2.25. The van der Waals surface area contributed by atoms with Crippen LogP contribution >= 0.6 is 11.3 Å². The van der Waals surface area contributed by atoms with Gasteiger partial charge in [0.25, 0.3) is 0 Å². The molecule has 134 valence electrons. The van der Waals surface area contributed by atoms with Gasteiger partial charge in [-0.3, -0.25) is 9.08 Å². The van der Waals surface area contributed by atoms with E-state index in [1.807, 2.05) is 26.2 Å². The zero-order chi connectivity index (χ0) is 17.8. The topological polar surface area (TPSA) is 47.1 Å². The Balaban J connectivity index is 1.57. The first-order valence-electron chi connectivity index (χ1n) is 8.92. The van der Waals surface area contributed by atoms with Crippen molar-refractivity contribution in [2.75, 3.05) is 13.1 Å². The average Bonchev–Trinajstić information content (AvgIpc) is 3.31. The molecule has 5 nitrogen and oxygen atoms in total. The van der Waals surface area contributed by atoms with Gasteiger partial charge in [0.1, 0.15) is 5.52 Å². The Kier molecular flexibility index (Phi) is 3.62. The number of aromatic nitrogens is 4. The van der Waals surface area contributed by atoms with E-state index >= 15 is 0 Å². The smallest absolute Gasteiger partial charge is 0.194 e. The van der Waals surface area contributed by atoms with E-state index in [0.717, 1.165) is 46.7 Å². The number of fused-ring (bicyclic) bond motifs is 2. The number of nitrogens with one attached hydrogen (secondary N) is 1. The van der Waals surface area contributed by atoms with E-state index < -0.39 is 0 Å². The van der Waals surface area contributed by atoms with Gasteiger partial charge in [-0.05, 0) is 50.0 Å². The van der Waals surface area contributed by atoms with Crippen LogP contribution in [0.25, 0.3) is 26.3 Å². The standard InChI is InChI=1S/C19H20FN5S/c1-11-14(7-13-8-24(2)23-18(13)17(11)20)16-10-25-9-15(22-19(25)26-16)12-3-5-21-6-4-12/h7-10,12,21H,3-6H2,1-2H3. The van der Waals surface area contributed by atoms with E-state index in [1.54, 1.807) is 16.0 Å². The summed E-state index contributed by atoms with van der Waals surface area (Å²) in [4.78, 5) is 6.85. The molecule has 1 aliphatic heterocycles. The quantitative estimate of drug-likeness (QED) is 0.584. The minimum atomic E-state index is -0.237. The number of thiazole rings is 1. The van der Waals surface area contributed by atoms with Crippen LogP contribution in [0.5, 0.6) is 0 Å². The summed E-state index contributed by atoms with van der Waals surface area (Å²) in [5, 5.41) is 8.45. The van der Waals surface area contributed by atoms with Crippen LogP contribution in [0.15, 0.2) is 24.7 Å². The van der Waals surface area contributed by atoms with Crippen molar-refractivity contribution in [1.82, 2.24) is 24.5 Å². The molecule has 1 saturated heterocycles. The van der Waals surface area contributed by atoms with Gasteiger partial charge in [-0.25, -0.2) is 9.37 Å². The van der Waals surface area contributed by atoms with Gasteiger partial charge in [0.15, 0.2) is 10.8 Å². The van der Waals surface area contributed by atoms with E-state index in [9.17, 15) is 4.39 Å². The van der Waals surface area contributed by atoms with Crippen molar-refractivity contribution in [2.24, 2.45) is 7.05 Å². The third kappa shape index (κ3) is 2.46. The number of hydrogen-bond donors (Lipinski definition) is 1. The molecule has 4 aromatic rings. The third-order valence-electron chi connectivity index (χ3n) is 5.30. The first kappa shape index (κ1) is 16.0. The molecule has 1 aliphatic rings. The number of hydrogen-bond acceptors (Lipinski definition) is 4. The zero-order valence-corrected chi connectivity index (χ0v) is 15.6. The van der Waals surface area contributed by atoms with E-state index in [4.69, 9.17) is 4.98 Å². The van der Waals surface area contributed by atoms with Gasteiger partial charge in [0.05, 0.1) is 10.6 Å². The lowest BCUT2D eigenvalue weighted by Gasteiger charge is -2.20. The zero-order valence-electron chi connectivity index (χ0n) is 14.8. The number of nitrogens with zero attached hydrogens (tertiary/aromatic N) is 4. The molecule has 0 atom stereocenters. The number of halogens is 1. The predicted molar refractivity (Wildman–Crippen MR) is 102 cm³/mol. The van der Waals surface area contributed by atoms with Crippen LogP contribution in [0.4, 0.5) is 4.39 Å². The minimum absolute atomic E-state index is 0.237. The fraction of sp³-hybridized carbons (Fsp3) is 0.368. The second-order valence-electron chi connectivity index (χ2n) is 7.08. The number of imidazole rings is 1. The molecule has 0 amide bonds. The Labute approximate surface area is 154 Å². The molecule has 1 aromatic carbocycles. The van der Waals surface area contributed by atoms with Crippen molar-refractivity contribution in [1.29, 1.82) is 0 Å². The van der Waals surface area contributed by atoms with E-state index in [1.165, 1.54) is 5.69 Å². The van der Waals surface area contributed by atoms with Crippen LogP contribution < -0.4 is 5.32 Å². The Bertz CT molecular complexity index is 1080. The molecule has 0 unspecified atom stereocenters. The molecule has 0 spiro atoms. The van der Waals surface area contributed by atoms with Gasteiger partial charge >= 0.3 is 0 Å². The summed E-state index contributed by atoms with van der Waals surface area (Å²) < 4.78 is 18.5. The van der Waals surface area contributed by atoms with Crippen molar-refractivity contribution in [3.8, 4) is 10.4 Å². The number of rotatable bonds is 2. The maximum Gasteiger partial charge on any atom is 0.194 e. The molecule has 1 N–H and O–H groups in total. The van der Waals surface area contributed by atoms with E-state index in [0.29, 0.717) is 17.0 Å². The van der Waals surface area contributed by atoms with Crippen molar-refractivity contribution >= 4 is 27.2 Å². The molecule has 5 rings (SSSR count).